The summed E-state index contributed by atoms with van der Waals surface area (Å²) in [6.07, 6.45) is 5.98. The lowest BCUT2D eigenvalue weighted by atomic mass is 9.89. The molecule has 2 aliphatic rings. The first-order valence-electron chi connectivity index (χ1n) is 6.94. The molecule has 100 valence electrons. The minimum atomic E-state index is 0.323. The predicted octanol–water partition coefficient (Wildman–Crippen LogP) is 1.63. The Kier molecular flexibility index (Phi) is 3.35. The van der Waals surface area contributed by atoms with E-state index in [4.69, 9.17) is 15.0 Å². The van der Waals surface area contributed by atoms with Gasteiger partial charge in [0.25, 0.3) is 0 Å². The highest BCUT2D eigenvalue weighted by atomic mass is 16.5. The highest BCUT2D eigenvalue weighted by Gasteiger charge is 2.43. The first kappa shape index (κ1) is 12.1. The second-order valence-electron chi connectivity index (χ2n) is 5.64. The van der Waals surface area contributed by atoms with Crippen LogP contribution in [0.15, 0.2) is 4.52 Å². The fourth-order valence-electron chi connectivity index (χ4n) is 2.92. The van der Waals surface area contributed by atoms with Crippen molar-refractivity contribution in [2.45, 2.75) is 57.2 Å². The van der Waals surface area contributed by atoms with Crippen LogP contribution in [-0.4, -0.2) is 28.9 Å². The summed E-state index contributed by atoms with van der Waals surface area (Å²) in [6, 6.07) is 0. The molecule has 3 heterocycles. The Labute approximate surface area is 107 Å². The lowest BCUT2D eigenvalue weighted by molar-refractivity contribution is 0.0996. The van der Waals surface area contributed by atoms with E-state index in [2.05, 4.69) is 17.1 Å². The first-order chi connectivity index (χ1) is 8.76. The van der Waals surface area contributed by atoms with Crippen LogP contribution in [0.5, 0.6) is 0 Å². The Morgan fingerprint density at radius 2 is 2.33 bits per heavy atom. The molecule has 1 aromatic rings. The molecule has 0 aromatic carbocycles. The van der Waals surface area contributed by atoms with E-state index in [1.54, 1.807) is 0 Å². The number of ether oxygens (including phenoxy) is 1. The lowest BCUT2D eigenvalue weighted by Gasteiger charge is -2.13. The molecular formula is C13H21N3O2. The minimum absolute atomic E-state index is 0.323. The van der Waals surface area contributed by atoms with Gasteiger partial charge in [-0.1, -0.05) is 12.1 Å². The highest BCUT2D eigenvalue weighted by Crippen LogP contribution is 2.43. The maximum absolute atomic E-state index is 5.83. The molecule has 0 saturated carbocycles. The van der Waals surface area contributed by atoms with Gasteiger partial charge in [0.2, 0.25) is 5.89 Å². The molecule has 4 unspecified atom stereocenters. The van der Waals surface area contributed by atoms with E-state index in [9.17, 15) is 0 Å². The molecule has 0 radical (unpaired) electrons. The third-order valence-corrected chi connectivity index (χ3v) is 4.17. The number of nitrogens with zero attached hydrogens (tertiary/aromatic N) is 2. The van der Waals surface area contributed by atoms with Gasteiger partial charge in [0.05, 0.1) is 18.1 Å². The molecule has 2 bridgehead atoms. The molecule has 0 aliphatic carbocycles. The maximum atomic E-state index is 5.83. The van der Waals surface area contributed by atoms with Gasteiger partial charge in [-0.2, -0.15) is 4.98 Å². The van der Waals surface area contributed by atoms with Gasteiger partial charge in [0.1, 0.15) is 0 Å². The Hall–Kier alpha value is -0.940. The molecule has 5 nitrogen and oxygen atoms in total. The van der Waals surface area contributed by atoms with Crippen LogP contribution in [0.2, 0.25) is 0 Å². The van der Waals surface area contributed by atoms with Crippen LogP contribution in [0.25, 0.3) is 0 Å². The number of hydrogen-bond donors (Lipinski definition) is 1. The van der Waals surface area contributed by atoms with Crippen LogP contribution in [0.1, 0.15) is 50.2 Å². The molecule has 2 fully saturated rings. The van der Waals surface area contributed by atoms with Crippen LogP contribution in [0.4, 0.5) is 0 Å². The van der Waals surface area contributed by atoms with Gasteiger partial charge < -0.3 is 15.0 Å². The molecule has 5 heteroatoms. The Morgan fingerprint density at radius 1 is 1.44 bits per heavy atom. The van der Waals surface area contributed by atoms with Crippen LogP contribution in [0.3, 0.4) is 0 Å². The molecule has 18 heavy (non-hydrogen) atoms. The summed E-state index contributed by atoms with van der Waals surface area (Å²) in [5.41, 5.74) is 5.60. The quantitative estimate of drug-likeness (QED) is 0.861. The van der Waals surface area contributed by atoms with Gasteiger partial charge in [-0.3, -0.25) is 0 Å². The summed E-state index contributed by atoms with van der Waals surface area (Å²) >= 11 is 0. The summed E-state index contributed by atoms with van der Waals surface area (Å²) in [5.74, 6) is 2.45. The summed E-state index contributed by atoms with van der Waals surface area (Å²) in [5, 5.41) is 4.12. The van der Waals surface area contributed by atoms with E-state index in [0.717, 1.165) is 37.4 Å². The normalized spacial score (nSPS) is 32.0. The average molecular weight is 251 g/mol. The van der Waals surface area contributed by atoms with Crippen molar-refractivity contribution >= 4 is 0 Å². The van der Waals surface area contributed by atoms with Gasteiger partial charge in [-0.15, -0.1) is 0 Å². The van der Waals surface area contributed by atoms with Crippen LogP contribution in [-0.2, 0) is 11.2 Å². The highest BCUT2D eigenvalue weighted by molar-refractivity contribution is 5.06. The summed E-state index contributed by atoms with van der Waals surface area (Å²) < 4.78 is 11.1. The van der Waals surface area contributed by atoms with Crippen molar-refractivity contribution in [1.29, 1.82) is 0 Å². The lowest BCUT2D eigenvalue weighted by Crippen LogP contribution is -2.15. The second kappa shape index (κ2) is 4.97. The molecule has 2 N–H and O–H groups in total. The smallest absolute Gasteiger partial charge is 0.226 e. The maximum Gasteiger partial charge on any atom is 0.226 e. The van der Waals surface area contributed by atoms with Crippen molar-refractivity contribution in [2.24, 2.45) is 11.7 Å². The number of rotatable bonds is 5. The molecule has 2 aliphatic heterocycles. The SMILES string of the molecule is CC(CN)CCc1nc(C2CC3CCC2O3)no1. The second-order valence-corrected chi connectivity index (χ2v) is 5.64. The van der Waals surface area contributed by atoms with Crippen molar-refractivity contribution in [3.05, 3.63) is 11.7 Å². The van der Waals surface area contributed by atoms with Crippen molar-refractivity contribution in [3.8, 4) is 0 Å². The number of nitrogens with two attached hydrogens (primary N) is 1. The van der Waals surface area contributed by atoms with Crippen LogP contribution < -0.4 is 5.73 Å². The molecule has 2 saturated heterocycles. The molecule has 3 rings (SSSR count). The molecule has 1 aromatic heterocycles. The summed E-state index contributed by atoms with van der Waals surface area (Å²) in [7, 11) is 0. The first-order valence-corrected chi connectivity index (χ1v) is 6.94. The van der Waals surface area contributed by atoms with E-state index in [1.165, 1.54) is 6.42 Å². The molecule has 0 amide bonds. The summed E-state index contributed by atoms with van der Waals surface area (Å²) in [6.45, 7) is 2.85. The van der Waals surface area contributed by atoms with Gasteiger partial charge >= 0.3 is 0 Å². The molecular weight excluding hydrogens is 230 g/mol. The standard InChI is InChI=1S/C13H21N3O2/c1-8(7-14)2-5-12-15-13(16-18-12)10-6-9-3-4-11(10)17-9/h8-11H,2-7,14H2,1H3. The van der Waals surface area contributed by atoms with Crippen molar-refractivity contribution in [2.75, 3.05) is 6.54 Å². The number of hydrogen-bond acceptors (Lipinski definition) is 5. The van der Waals surface area contributed by atoms with Crippen molar-refractivity contribution in [1.82, 2.24) is 10.1 Å². The monoisotopic (exact) mass is 251 g/mol. The predicted molar refractivity (Wildman–Crippen MR) is 66.1 cm³/mol. The van der Waals surface area contributed by atoms with E-state index in [-0.39, 0.29) is 0 Å². The third kappa shape index (κ3) is 2.29. The number of aryl methyl sites for hydroxylation is 1. The zero-order valence-electron chi connectivity index (χ0n) is 10.8. The van der Waals surface area contributed by atoms with Gasteiger partial charge in [0.15, 0.2) is 5.82 Å². The summed E-state index contributed by atoms with van der Waals surface area (Å²) in [4.78, 5) is 4.52. The topological polar surface area (TPSA) is 74.2 Å². The molecule has 0 spiro atoms. The fourth-order valence-corrected chi connectivity index (χ4v) is 2.92. The zero-order chi connectivity index (χ0) is 12.5. The Balaban J connectivity index is 1.60. The number of aromatic nitrogens is 2. The fraction of sp³-hybridized carbons (Fsp3) is 0.846. The molecule has 4 atom stereocenters. The van der Waals surface area contributed by atoms with Gasteiger partial charge in [-0.05, 0) is 38.1 Å². The average Bonchev–Trinajstić information content (AvgIpc) is 3.10. The van der Waals surface area contributed by atoms with Crippen LogP contribution in [0, 0.1) is 5.92 Å². The van der Waals surface area contributed by atoms with E-state index in [1.807, 2.05) is 0 Å². The van der Waals surface area contributed by atoms with Gasteiger partial charge in [0, 0.05) is 6.42 Å². The zero-order valence-corrected chi connectivity index (χ0v) is 10.8. The Morgan fingerprint density at radius 3 is 3.00 bits per heavy atom. The van der Waals surface area contributed by atoms with Crippen LogP contribution >= 0.6 is 0 Å². The van der Waals surface area contributed by atoms with E-state index in [0.29, 0.717) is 30.6 Å². The van der Waals surface area contributed by atoms with Crippen molar-refractivity contribution < 1.29 is 9.26 Å². The Bertz CT molecular complexity index is 407. The third-order valence-electron chi connectivity index (χ3n) is 4.17. The number of fused-ring (bicyclic) bond motifs is 2. The van der Waals surface area contributed by atoms with E-state index < -0.39 is 0 Å². The largest absolute Gasteiger partial charge is 0.374 e. The minimum Gasteiger partial charge on any atom is -0.374 e. The van der Waals surface area contributed by atoms with Crippen molar-refractivity contribution in [3.63, 3.8) is 0 Å². The van der Waals surface area contributed by atoms with Gasteiger partial charge in [-0.25, -0.2) is 0 Å². The van der Waals surface area contributed by atoms with E-state index >= 15 is 0 Å².